The van der Waals surface area contributed by atoms with Crippen LogP contribution >= 0.6 is 0 Å². The Kier molecular flexibility index (Phi) is 6.37. The summed E-state index contributed by atoms with van der Waals surface area (Å²) in [6.45, 7) is 0. The number of aliphatic hydroxyl groups is 1. The van der Waals surface area contributed by atoms with Gasteiger partial charge in [-0.2, -0.15) is 0 Å². The van der Waals surface area contributed by atoms with Crippen molar-refractivity contribution in [3.05, 3.63) is 59.0 Å². The number of carbonyl (C=O) groups excluding carboxylic acids is 2. The van der Waals surface area contributed by atoms with Crippen molar-refractivity contribution in [2.45, 2.75) is 21.6 Å². The molecule has 0 saturated carbocycles. The van der Waals surface area contributed by atoms with E-state index >= 15 is 0 Å². The van der Waals surface area contributed by atoms with Crippen molar-refractivity contribution < 1.29 is 27.9 Å². The van der Waals surface area contributed by atoms with Gasteiger partial charge in [-0.05, 0) is 22.8 Å². The number of pyridine rings is 1. The number of halogens is 3. The molecule has 0 aliphatic carbocycles. The van der Waals surface area contributed by atoms with Gasteiger partial charge in [0.05, 0.1) is 52.7 Å². The smallest absolute Gasteiger partial charge is 0.273 e. The maximum absolute atomic E-state index is 13.9. The first-order chi connectivity index (χ1) is 15.4. The van der Waals surface area contributed by atoms with Gasteiger partial charge in [0.15, 0.2) is 0 Å². The Bertz CT molecular complexity index is 1130. The van der Waals surface area contributed by atoms with Crippen molar-refractivity contribution in [3.63, 3.8) is 0 Å². The standard InChI is InChI=1S/C17H8B7F3N4O3/c18-14(19)16(22,23)31(17(24,34)15(20,21)30-14)13(33)9-2-1-3-10(28-9)29-12(32)11-7(26)4-6(25)5-8(11)27/h1-5,30,34H,(H,28,29,32). The van der Waals surface area contributed by atoms with Gasteiger partial charge in [0.25, 0.3) is 11.8 Å². The zero-order valence-corrected chi connectivity index (χ0v) is 17.2. The number of hydrogen-bond acceptors (Lipinski definition) is 5. The molecule has 1 aromatic heterocycles. The van der Waals surface area contributed by atoms with E-state index in [9.17, 15) is 27.9 Å². The van der Waals surface area contributed by atoms with Gasteiger partial charge < -0.3 is 20.6 Å². The average molecular weight is 449 g/mol. The number of carbonyl (C=O) groups is 2. The van der Waals surface area contributed by atoms with Crippen molar-refractivity contribution >= 4 is 72.6 Å². The number of anilines is 1. The minimum Gasteiger partial charge on any atom is -0.380 e. The molecule has 2 heterocycles. The quantitative estimate of drug-likeness (QED) is 0.454. The average Bonchev–Trinajstić information content (AvgIpc) is 2.65. The van der Waals surface area contributed by atoms with Gasteiger partial charge in [0, 0.05) is 12.1 Å². The highest BCUT2D eigenvalue weighted by molar-refractivity contribution is 6.57. The lowest BCUT2D eigenvalue weighted by atomic mass is 9.32. The normalized spacial score (nSPS) is 22.6. The van der Waals surface area contributed by atoms with Crippen LogP contribution in [-0.2, 0) is 0 Å². The van der Waals surface area contributed by atoms with E-state index in [1.807, 2.05) is 5.32 Å². The monoisotopic (exact) mass is 450 g/mol. The number of aromatic nitrogens is 1. The van der Waals surface area contributed by atoms with Crippen LogP contribution in [-0.4, -0.2) is 103 Å². The molecular weight excluding hydrogens is 441 g/mol. The van der Waals surface area contributed by atoms with Crippen LogP contribution in [0.3, 0.4) is 0 Å². The van der Waals surface area contributed by atoms with Crippen LogP contribution < -0.4 is 10.6 Å². The largest absolute Gasteiger partial charge is 0.380 e. The van der Waals surface area contributed by atoms with E-state index in [-0.39, 0.29) is 4.90 Å². The maximum Gasteiger partial charge on any atom is 0.273 e. The number of rotatable bonds is 3. The van der Waals surface area contributed by atoms with E-state index in [1.54, 1.807) is 0 Å². The third-order valence-electron chi connectivity index (χ3n) is 5.04. The summed E-state index contributed by atoms with van der Waals surface area (Å²) in [5.41, 5.74) is -4.65. The fourth-order valence-corrected chi connectivity index (χ4v) is 3.19. The summed E-state index contributed by atoms with van der Waals surface area (Å²) >= 11 is 0. The molecule has 14 radical (unpaired) electrons. The Morgan fingerprint density at radius 2 is 1.53 bits per heavy atom. The van der Waals surface area contributed by atoms with Gasteiger partial charge in [-0.3, -0.25) is 9.59 Å². The molecule has 2 amide bonds. The summed E-state index contributed by atoms with van der Waals surface area (Å²) in [7, 11) is 40.5. The molecule has 1 aromatic carbocycles. The van der Waals surface area contributed by atoms with Gasteiger partial charge in [0.1, 0.15) is 42.4 Å². The topological polar surface area (TPSA) is 94.6 Å². The molecule has 1 aliphatic rings. The first kappa shape index (κ1) is 26.1. The number of nitrogens with zero attached hydrogens (tertiary/aromatic N) is 2. The first-order valence-corrected chi connectivity index (χ1v) is 9.24. The maximum atomic E-state index is 13.9. The lowest BCUT2D eigenvalue weighted by molar-refractivity contribution is -0.0839. The van der Waals surface area contributed by atoms with E-state index in [0.717, 1.165) is 12.1 Å². The predicted molar refractivity (Wildman–Crippen MR) is 121 cm³/mol. The molecule has 2 aromatic rings. The second-order valence-electron chi connectivity index (χ2n) is 7.66. The molecular formula is C17H8B7F3N4O3. The lowest BCUT2D eigenvalue weighted by Crippen LogP contribution is -2.91. The van der Waals surface area contributed by atoms with Gasteiger partial charge in [-0.25, -0.2) is 18.2 Å². The highest BCUT2D eigenvalue weighted by Crippen LogP contribution is 2.36. The van der Waals surface area contributed by atoms with Crippen LogP contribution in [0.25, 0.3) is 0 Å². The van der Waals surface area contributed by atoms with E-state index in [1.165, 1.54) is 6.07 Å². The van der Waals surface area contributed by atoms with Crippen molar-refractivity contribution in [1.29, 1.82) is 0 Å². The van der Waals surface area contributed by atoms with Crippen molar-refractivity contribution in [2.24, 2.45) is 0 Å². The fraction of sp³-hybridized carbons (Fsp3) is 0.235. The molecule has 3 rings (SSSR count). The van der Waals surface area contributed by atoms with Crippen LogP contribution in [0.4, 0.5) is 19.0 Å². The number of amides is 2. The molecule has 1 fully saturated rings. The van der Waals surface area contributed by atoms with Crippen molar-refractivity contribution in [3.8, 4) is 0 Å². The van der Waals surface area contributed by atoms with Gasteiger partial charge >= 0.3 is 0 Å². The summed E-state index contributed by atoms with van der Waals surface area (Å²) in [5, 5.41) is 7.34. The van der Waals surface area contributed by atoms with Crippen molar-refractivity contribution in [1.82, 2.24) is 15.2 Å². The number of benzene rings is 1. The number of piperazine rings is 1. The molecule has 156 valence electrons. The number of nitrogens with one attached hydrogen (secondary N) is 2. The summed E-state index contributed by atoms with van der Waals surface area (Å²) in [4.78, 5) is 29.5. The molecule has 1 atom stereocenters. The van der Waals surface area contributed by atoms with E-state index in [4.69, 9.17) is 54.9 Å². The summed E-state index contributed by atoms with van der Waals surface area (Å²) in [6, 6.07) is 4.02. The Morgan fingerprint density at radius 3 is 2.09 bits per heavy atom. The Labute approximate surface area is 201 Å². The number of hydrogen-bond donors (Lipinski definition) is 3. The molecule has 34 heavy (non-hydrogen) atoms. The summed E-state index contributed by atoms with van der Waals surface area (Å²) in [6.07, 6.45) is 0. The molecule has 3 N–H and O–H groups in total. The van der Waals surface area contributed by atoms with Crippen LogP contribution in [0, 0.1) is 17.5 Å². The van der Waals surface area contributed by atoms with Crippen LogP contribution in [0.5, 0.6) is 0 Å². The van der Waals surface area contributed by atoms with Crippen LogP contribution in [0.2, 0.25) is 0 Å². The van der Waals surface area contributed by atoms with Crippen molar-refractivity contribution in [2.75, 3.05) is 5.32 Å². The Hall–Kier alpha value is -2.53. The Balaban J connectivity index is 1.98. The van der Waals surface area contributed by atoms with E-state index in [0.29, 0.717) is 12.1 Å². The van der Waals surface area contributed by atoms with Gasteiger partial charge in [-0.1, -0.05) is 11.4 Å². The highest BCUT2D eigenvalue weighted by Gasteiger charge is 2.59. The predicted octanol–water partition coefficient (Wildman–Crippen LogP) is -2.42. The zero-order valence-electron chi connectivity index (χ0n) is 17.2. The minimum absolute atomic E-state index is 0.184. The third kappa shape index (κ3) is 4.20. The Morgan fingerprint density at radius 1 is 0.971 bits per heavy atom. The first-order valence-electron chi connectivity index (χ1n) is 9.24. The fourth-order valence-electron chi connectivity index (χ4n) is 3.19. The third-order valence-corrected chi connectivity index (χ3v) is 5.04. The van der Waals surface area contributed by atoms with Crippen LogP contribution in [0.1, 0.15) is 20.8 Å². The summed E-state index contributed by atoms with van der Waals surface area (Å²) in [5.74, 6) is -7.22. The molecule has 1 aliphatic heterocycles. The minimum atomic E-state index is -2.99. The zero-order chi connectivity index (χ0) is 25.9. The second kappa shape index (κ2) is 8.30. The molecule has 0 spiro atoms. The molecule has 17 heteroatoms. The molecule has 0 bridgehead atoms. The SMILES string of the molecule is [B]C1([B])NC([B])([B])C([B])(O)N(C(=O)c2cccc(NC(=O)c3c(F)cc(F)cc3F)n2)C1([B])[B]. The molecule has 1 saturated heterocycles. The summed E-state index contributed by atoms with van der Waals surface area (Å²) < 4.78 is 40.9. The van der Waals surface area contributed by atoms with Gasteiger partial charge in [-0.15, -0.1) is 0 Å². The van der Waals surface area contributed by atoms with Gasteiger partial charge in [0.2, 0.25) is 0 Å². The van der Waals surface area contributed by atoms with E-state index in [2.05, 4.69) is 10.3 Å². The molecule has 1 unspecified atom stereocenters. The molecule has 7 nitrogen and oxygen atoms in total. The second-order valence-corrected chi connectivity index (χ2v) is 7.66. The van der Waals surface area contributed by atoms with E-state index < -0.39 is 68.0 Å². The van der Waals surface area contributed by atoms with Crippen LogP contribution in [0.15, 0.2) is 30.3 Å². The highest BCUT2D eigenvalue weighted by atomic mass is 19.1. The lowest BCUT2D eigenvalue weighted by Gasteiger charge is -2.69.